The molecule has 0 spiro atoms. The fourth-order valence-electron chi connectivity index (χ4n) is 6.38. The van der Waals surface area contributed by atoms with Gasteiger partial charge in [-0.2, -0.15) is 0 Å². The van der Waals surface area contributed by atoms with Crippen LogP contribution in [-0.2, 0) is 64.0 Å². The molecular weight excluding hydrogens is 951 g/mol. The highest BCUT2D eigenvalue weighted by Gasteiger charge is 2.35. The van der Waals surface area contributed by atoms with Crippen LogP contribution < -0.4 is 65.1 Å². The number of rotatable bonds is 32. The molecule has 0 saturated heterocycles. The molecule has 0 fully saturated rings. The van der Waals surface area contributed by atoms with Gasteiger partial charge in [0.05, 0.1) is 32.0 Å². The zero-order valence-electron chi connectivity index (χ0n) is 40.9. The molecule has 1 aromatic rings. The second-order valence-corrected chi connectivity index (χ2v) is 17.1. The predicted octanol–water partition coefficient (Wildman–Crippen LogP) is -4.99. The summed E-state index contributed by atoms with van der Waals surface area (Å²) in [6.07, 6.45) is -1.21. The lowest BCUT2D eigenvalue weighted by Gasteiger charge is -2.29. The Bertz CT molecular complexity index is 2120. The van der Waals surface area contributed by atoms with E-state index in [1.54, 1.807) is 44.2 Å². The summed E-state index contributed by atoms with van der Waals surface area (Å²) in [6, 6.07) is -2.78. The first-order valence-corrected chi connectivity index (χ1v) is 22.8. The van der Waals surface area contributed by atoms with Crippen molar-refractivity contribution in [1.29, 1.82) is 0 Å². The van der Waals surface area contributed by atoms with Crippen LogP contribution in [0.25, 0.3) is 0 Å². The summed E-state index contributed by atoms with van der Waals surface area (Å²) in [4.78, 5) is 156. The van der Waals surface area contributed by atoms with Crippen LogP contribution in [0.5, 0.6) is 0 Å². The molecular formula is C44H69N13O15. The number of nitrogens with zero attached hydrogens (tertiary/aromatic N) is 1. The Labute approximate surface area is 414 Å². The Kier molecular flexibility index (Phi) is 27.0. The number of carbonyl (C=O) groups is 12. The molecule has 18 N–H and O–H groups in total. The highest BCUT2D eigenvalue weighted by Crippen LogP contribution is 2.12. The van der Waals surface area contributed by atoms with Gasteiger partial charge in [0.25, 0.3) is 0 Å². The lowest BCUT2D eigenvalue weighted by molar-refractivity contribution is -0.143. The van der Waals surface area contributed by atoms with Crippen LogP contribution in [0.3, 0.4) is 0 Å². The number of carbonyl (C=O) groups excluding carboxylic acids is 9. The summed E-state index contributed by atoms with van der Waals surface area (Å²) >= 11 is 0. The molecule has 9 atom stereocenters. The number of aliphatic imine (C=N–C) groups is 1. The smallest absolute Gasteiger partial charge is 0.326 e. The van der Waals surface area contributed by atoms with Gasteiger partial charge in [0, 0.05) is 13.0 Å². The summed E-state index contributed by atoms with van der Waals surface area (Å²) < 4.78 is 0. The molecule has 9 amide bonds. The number of hydrogen-bond acceptors (Lipinski definition) is 14. The van der Waals surface area contributed by atoms with Crippen LogP contribution in [0.15, 0.2) is 35.3 Å². The molecule has 0 aliphatic rings. The quantitative estimate of drug-likeness (QED) is 0.0183. The Hall–Kier alpha value is -7.91. The van der Waals surface area contributed by atoms with Gasteiger partial charge in [0.1, 0.15) is 42.3 Å². The van der Waals surface area contributed by atoms with Crippen molar-refractivity contribution in [2.24, 2.45) is 34.0 Å². The molecule has 0 aromatic heterocycles. The molecule has 0 saturated carbocycles. The number of benzene rings is 1. The second-order valence-electron chi connectivity index (χ2n) is 17.1. The molecule has 0 unspecified atom stereocenters. The lowest BCUT2D eigenvalue weighted by atomic mass is 9.96. The highest BCUT2D eigenvalue weighted by molar-refractivity contribution is 5.98. The first kappa shape index (κ1) is 62.1. The van der Waals surface area contributed by atoms with Crippen molar-refractivity contribution in [3.05, 3.63) is 35.9 Å². The molecule has 0 aliphatic carbocycles. The number of carboxylic acid groups (broad SMARTS) is 3. The van der Waals surface area contributed by atoms with E-state index in [0.29, 0.717) is 12.0 Å². The molecule has 0 radical (unpaired) electrons. The van der Waals surface area contributed by atoms with Crippen LogP contribution >= 0.6 is 0 Å². The van der Waals surface area contributed by atoms with E-state index < -0.39 is 157 Å². The Morgan fingerprint density at radius 2 is 1.08 bits per heavy atom. The summed E-state index contributed by atoms with van der Waals surface area (Å²) in [6.45, 7) is 7.60. The van der Waals surface area contributed by atoms with Crippen molar-refractivity contribution in [3.8, 4) is 0 Å². The van der Waals surface area contributed by atoms with Gasteiger partial charge >= 0.3 is 17.9 Å². The fraction of sp³-hybridized carbons (Fsp3) is 0.568. The summed E-state index contributed by atoms with van der Waals surface area (Å²) in [5.41, 5.74) is 16.7. The van der Waals surface area contributed by atoms with E-state index in [1.165, 1.54) is 27.7 Å². The minimum Gasteiger partial charge on any atom is -0.481 e. The second kappa shape index (κ2) is 31.3. The van der Waals surface area contributed by atoms with Crippen molar-refractivity contribution in [3.63, 3.8) is 0 Å². The number of aliphatic carboxylic acids is 3. The van der Waals surface area contributed by atoms with E-state index in [4.69, 9.17) is 22.3 Å². The van der Waals surface area contributed by atoms with Gasteiger partial charge in [-0.15, -0.1) is 0 Å². The molecule has 72 heavy (non-hydrogen) atoms. The van der Waals surface area contributed by atoms with E-state index >= 15 is 0 Å². The largest absolute Gasteiger partial charge is 0.481 e. The van der Waals surface area contributed by atoms with E-state index in [0.717, 1.165) is 0 Å². The average Bonchev–Trinajstić information content (AvgIpc) is 3.30. The third-order valence-corrected chi connectivity index (χ3v) is 10.6. The van der Waals surface area contributed by atoms with Crippen LogP contribution in [0, 0.1) is 11.8 Å². The maximum Gasteiger partial charge on any atom is 0.326 e. The lowest BCUT2D eigenvalue weighted by Crippen LogP contribution is -2.60. The third kappa shape index (κ3) is 23.6. The van der Waals surface area contributed by atoms with Crippen molar-refractivity contribution >= 4 is 77.0 Å². The molecule has 400 valence electrons. The molecule has 0 heterocycles. The van der Waals surface area contributed by atoms with Gasteiger partial charge < -0.3 is 80.4 Å². The normalized spacial score (nSPS) is 14.6. The van der Waals surface area contributed by atoms with E-state index in [-0.39, 0.29) is 31.8 Å². The summed E-state index contributed by atoms with van der Waals surface area (Å²) in [5, 5.41) is 49.3. The van der Waals surface area contributed by atoms with Crippen LogP contribution in [0.1, 0.15) is 79.2 Å². The minimum atomic E-state index is -1.79. The Morgan fingerprint density at radius 1 is 0.569 bits per heavy atom. The molecule has 0 aliphatic heterocycles. The summed E-state index contributed by atoms with van der Waals surface area (Å²) in [7, 11) is 0. The number of nitrogens with one attached hydrogen (secondary N) is 9. The van der Waals surface area contributed by atoms with Crippen LogP contribution in [-0.4, -0.2) is 160 Å². The average molecular weight is 1020 g/mol. The molecule has 28 nitrogen and oxygen atoms in total. The van der Waals surface area contributed by atoms with Gasteiger partial charge in [-0.3, -0.25) is 57.7 Å². The van der Waals surface area contributed by atoms with E-state index in [9.17, 15) is 67.7 Å². The van der Waals surface area contributed by atoms with Crippen molar-refractivity contribution in [2.75, 3.05) is 19.6 Å². The van der Waals surface area contributed by atoms with Gasteiger partial charge in [-0.25, -0.2) is 4.79 Å². The minimum absolute atomic E-state index is 0.0343. The highest BCUT2D eigenvalue weighted by atomic mass is 16.4. The van der Waals surface area contributed by atoms with Crippen molar-refractivity contribution < 1.29 is 72.9 Å². The third-order valence-electron chi connectivity index (χ3n) is 10.6. The number of amides is 9. The Balaban J connectivity index is 3.10. The van der Waals surface area contributed by atoms with Crippen molar-refractivity contribution in [1.82, 2.24) is 47.9 Å². The van der Waals surface area contributed by atoms with Gasteiger partial charge in [0.15, 0.2) is 5.96 Å². The van der Waals surface area contributed by atoms with Gasteiger partial charge in [0.2, 0.25) is 53.2 Å². The van der Waals surface area contributed by atoms with Crippen LogP contribution in [0.2, 0.25) is 0 Å². The monoisotopic (exact) mass is 1020 g/mol. The maximum absolute atomic E-state index is 14.0. The number of guanidine groups is 1. The van der Waals surface area contributed by atoms with Gasteiger partial charge in [-0.1, -0.05) is 64.4 Å². The summed E-state index contributed by atoms with van der Waals surface area (Å²) in [5.74, 6) is -13.9. The number of carboxylic acids is 3. The number of hydrogen-bond donors (Lipinski definition) is 15. The maximum atomic E-state index is 14.0. The Morgan fingerprint density at radius 3 is 1.62 bits per heavy atom. The van der Waals surface area contributed by atoms with Crippen molar-refractivity contribution in [2.45, 2.75) is 128 Å². The molecule has 28 heteroatoms. The van der Waals surface area contributed by atoms with E-state index in [1.807, 2.05) is 0 Å². The molecule has 1 aromatic carbocycles. The number of nitrogens with two attached hydrogens (primary N) is 3. The van der Waals surface area contributed by atoms with Crippen LogP contribution in [0.4, 0.5) is 0 Å². The zero-order chi connectivity index (χ0) is 54.8. The first-order valence-electron chi connectivity index (χ1n) is 22.8. The topological polar surface area (TPSA) is 464 Å². The zero-order valence-corrected chi connectivity index (χ0v) is 40.9. The standard InChI is InChI=1S/C44H69N13O15/c1-7-22(4)35(42(70)54-27(43(71)72)14-11-15-48-44(46)47)57-39(67)28(16-25-12-9-8-10-13-25)55-37(65)24(6)52-41(69)34(21(2)3)56-40(68)29(18-33(62)63)53-31(59)20-49-36(64)23(5)51-30(58)19-50-38(66)26(45)17-32(60)61/h8-10,12-13,21-24,26-29,34-35H,7,11,14-20,45H2,1-6H3,(H,49,64)(H,50,66)(H,51,58)(H,52,69)(H,53,59)(H,54,70)(H,55,65)(H,56,68)(H,57,67)(H,60,61)(H,62,63)(H,71,72)(H4,46,47,48)/t22-,23-,24-,26-,27-,28-,29-,34-,35-/m0/s1. The molecule has 0 bridgehead atoms. The SMILES string of the molecule is CC[C@H](C)[C@H](NC(=O)[C@H](Cc1ccccc1)NC(=O)[C@H](C)NC(=O)[C@@H](NC(=O)[C@H](CC(=O)O)NC(=O)CNC(=O)[C@H](C)NC(=O)CNC(=O)[C@@H](N)CC(=O)O)C(C)C)C(=O)N[C@@H](CCCN=C(N)N)C(=O)O. The van der Waals surface area contributed by atoms with Gasteiger partial charge in [-0.05, 0) is 44.1 Å². The molecule has 1 rings (SSSR count). The first-order chi connectivity index (χ1) is 33.7. The van der Waals surface area contributed by atoms with E-state index in [2.05, 4.69) is 52.8 Å². The fourth-order valence-corrected chi connectivity index (χ4v) is 6.38. The predicted molar refractivity (Wildman–Crippen MR) is 255 cm³/mol.